The van der Waals surface area contributed by atoms with Gasteiger partial charge in [0.1, 0.15) is 0 Å². The van der Waals surface area contributed by atoms with E-state index in [-0.39, 0.29) is 6.67 Å². The van der Waals surface area contributed by atoms with Gasteiger partial charge in [-0.1, -0.05) is 80.4 Å². The van der Waals surface area contributed by atoms with Gasteiger partial charge in [0.05, 0.1) is 6.67 Å². The molecule has 0 nitrogen and oxygen atoms in total. The quantitative estimate of drug-likeness (QED) is 0.258. The summed E-state index contributed by atoms with van der Waals surface area (Å²) < 4.78 is 12.2. The van der Waals surface area contributed by atoms with Crippen molar-refractivity contribution in [3.8, 4) is 11.1 Å². The Morgan fingerprint density at radius 3 is 1.97 bits per heavy atom. The Balaban J connectivity index is 1.43. The second kappa shape index (κ2) is 12.7. The van der Waals surface area contributed by atoms with Gasteiger partial charge < -0.3 is 0 Å². The van der Waals surface area contributed by atoms with Gasteiger partial charge >= 0.3 is 0 Å². The molecule has 1 fully saturated rings. The molecule has 0 aromatic heterocycles. The van der Waals surface area contributed by atoms with Crippen LogP contribution >= 0.6 is 0 Å². The van der Waals surface area contributed by atoms with E-state index in [4.69, 9.17) is 0 Å². The Bertz CT molecular complexity index is 733. The fourth-order valence-corrected chi connectivity index (χ4v) is 4.70. The van der Waals surface area contributed by atoms with Gasteiger partial charge in [-0.15, -0.1) is 0 Å². The number of allylic oxidation sites excluding steroid dienone is 2. The van der Waals surface area contributed by atoms with Gasteiger partial charge in [-0.25, -0.2) is 0 Å². The van der Waals surface area contributed by atoms with Crippen LogP contribution in [0.15, 0.2) is 60.7 Å². The van der Waals surface area contributed by atoms with Crippen LogP contribution in [0.25, 0.3) is 11.1 Å². The van der Waals surface area contributed by atoms with E-state index in [1.807, 2.05) is 6.08 Å². The second-order valence-corrected chi connectivity index (χ2v) is 9.08. The molecule has 2 aromatic carbocycles. The average Bonchev–Trinajstić information content (AvgIpc) is 2.80. The van der Waals surface area contributed by atoms with Crippen LogP contribution in [0.4, 0.5) is 4.39 Å². The first kappa shape index (κ1) is 22.8. The van der Waals surface area contributed by atoms with Crippen LogP contribution in [0.1, 0.15) is 75.8 Å². The molecule has 1 heteroatoms. The Kier molecular flexibility index (Phi) is 9.67. The van der Waals surface area contributed by atoms with E-state index in [1.54, 1.807) is 0 Å². The molecular weight excluding hydrogens is 367 g/mol. The molecule has 3 rings (SSSR count). The summed E-state index contributed by atoms with van der Waals surface area (Å²) in [6.45, 7) is 2.03. The summed E-state index contributed by atoms with van der Waals surface area (Å²) in [6.07, 6.45) is 17.7. The number of alkyl halides is 1. The molecule has 0 unspecified atom stereocenters. The Labute approximate surface area is 183 Å². The van der Waals surface area contributed by atoms with E-state index >= 15 is 0 Å². The third-order valence-electron chi connectivity index (χ3n) is 6.73. The highest BCUT2D eigenvalue weighted by Gasteiger charge is 2.19. The topological polar surface area (TPSA) is 0 Å². The van der Waals surface area contributed by atoms with Crippen molar-refractivity contribution in [1.29, 1.82) is 0 Å². The summed E-state index contributed by atoms with van der Waals surface area (Å²) in [4.78, 5) is 0. The number of unbranched alkanes of at least 4 members (excludes halogenated alkanes) is 2. The van der Waals surface area contributed by atoms with E-state index in [0.717, 1.165) is 5.92 Å². The van der Waals surface area contributed by atoms with Gasteiger partial charge in [-0.2, -0.15) is 0 Å². The number of hydrogen-bond acceptors (Lipinski definition) is 0. The molecule has 0 N–H and O–H groups in total. The molecule has 0 atom stereocenters. The number of benzene rings is 2. The van der Waals surface area contributed by atoms with E-state index < -0.39 is 0 Å². The van der Waals surface area contributed by atoms with Gasteiger partial charge in [0.15, 0.2) is 0 Å². The summed E-state index contributed by atoms with van der Waals surface area (Å²) >= 11 is 0. The summed E-state index contributed by atoms with van der Waals surface area (Å²) in [6, 6.07) is 18.3. The van der Waals surface area contributed by atoms with Crippen molar-refractivity contribution in [2.45, 2.75) is 77.6 Å². The van der Waals surface area contributed by atoms with Crippen molar-refractivity contribution < 1.29 is 4.39 Å². The average molecular weight is 407 g/mol. The first-order valence-corrected chi connectivity index (χ1v) is 12.2. The molecule has 0 heterocycles. The summed E-state index contributed by atoms with van der Waals surface area (Å²) in [7, 11) is 0. The maximum Gasteiger partial charge on any atom is 0.0928 e. The lowest BCUT2D eigenvalue weighted by molar-refractivity contribution is 0.296. The van der Waals surface area contributed by atoms with Crippen LogP contribution in [0, 0.1) is 11.8 Å². The smallest absolute Gasteiger partial charge is 0.0928 e. The standard InChI is InChI=1S/C29H39F/c1-2-3-4-7-25-15-19-28(20-16-25)29-21-17-27(18-22-29)14-13-26-11-9-24(10-12-26)8-5-6-23-30/h5,8,15-22,24,26H,2-4,6-7,9-14,23H2,1H3/t24-,26-. The van der Waals surface area contributed by atoms with Crippen LogP contribution in [-0.4, -0.2) is 6.67 Å². The van der Waals surface area contributed by atoms with Crippen molar-refractivity contribution in [3.05, 3.63) is 71.8 Å². The molecule has 1 aliphatic carbocycles. The minimum Gasteiger partial charge on any atom is -0.251 e. The summed E-state index contributed by atoms with van der Waals surface area (Å²) in [5, 5.41) is 0. The normalized spacial score (nSPS) is 19.4. The molecule has 30 heavy (non-hydrogen) atoms. The van der Waals surface area contributed by atoms with Crippen molar-refractivity contribution in [2.75, 3.05) is 6.67 Å². The highest BCUT2D eigenvalue weighted by atomic mass is 19.1. The molecule has 2 aromatic rings. The van der Waals surface area contributed by atoms with Crippen molar-refractivity contribution >= 4 is 0 Å². The molecule has 162 valence electrons. The molecule has 1 aliphatic rings. The summed E-state index contributed by atoms with van der Waals surface area (Å²) in [5.41, 5.74) is 5.55. The predicted molar refractivity (Wildman–Crippen MR) is 129 cm³/mol. The fraction of sp³-hybridized carbons (Fsp3) is 0.517. The molecule has 0 amide bonds. The largest absolute Gasteiger partial charge is 0.251 e. The molecule has 0 aliphatic heterocycles. The Morgan fingerprint density at radius 1 is 0.800 bits per heavy atom. The van der Waals surface area contributed by atoms with E-state index in [1.165, 1.54) is 86.5 Å². The maximum absolute atomic E-state index is 12.2. The third kappa shape index (κ3) is 7.42. The van der Waals surface area contributed by atoms with Crippen LogP contribution in [-0.2, 0) is 12.8 Å². The number of hydrogen-bond donors (Lipinski definition) is 0. The second-order valence-electron chi connectivity index (χ2n) is 9.08. The SMILES string of the molecule is CCCCCc1ccc(-c2ccc(CC[C@H]3CC[C@H](C=CCCF)CC3)cc2)cc1. The number of aryl methyl sites for hydroxylation is 2. The van der Waals surface area contributed by atoms with E-state index in [0.29, 0.717) is 12.3 Å². The van der Waals surface area contributed by atoms with Crippen molar-refractivity contribution in [1.82, 2.24) is 0 Å². The monoisotopic (exact) mass is 406 g/mol. The molecule has 0 saturated heterocycles. The zero-order valence-corrected chi connectivity index (χ0v) is 18.8. The lowest BCUT2D eigenvalue weighted by Crippen LogP contribution is -2.13. The van der Waals surface area contributed by atoms with Gasteiger partial charge in [0.25, 0.3) is 0 Å². The number of rotatable bonds is 11. The van der Waals surface area contributed by atoms with Gasteiger partial charge in [-0.3, -0.25) is 4.39 Å². The molecule has 0 spiro atoms. The van der Waals surface area contributed by atoms with Crippen LogP contribution in [0.2, 0.25) is 0 Å². The molecule has 0 bridgehead atoms. The first-order chi connectivity index (χ1) is 14.8. The highest BCUT2D eigenvalue weighted by Crippen LogP contribution is 2.32. The van der Waals surface area contributed by atoms with Gasteiger partial charge in [0.2, 0.25) is 0 Å². The third-order valence-corrected chi connectivity index (χ3v) is 6.73. The van der Waals surface area contributed by atoms with Crippen LogP contribution in [0.3, 0.4) is 0 Å². The van der Waals surface area contributed by atoms with E-state index in [2.05, 4.69) is 61.5 Å². The molecule has 1 saturated carbocycles. The number of halogens is 1. The Hall–Kier alpha value is -1.89. The minimum atomic E-state index is -0.227. The lowest BCUT2D eigenvalue weighted by Gasteiger charge is -2.26. The van der Waals surface area contributed by atoms with Gasteiger partial charge in [-0.05, 0) is 91.9 Å². The van der Waals surface area contributed by atoms with Crippen molar-refractivity contribution in [2.24, 2.45) is 11.8 Å². The Morgan fingerprint density at radius 2 is 1.40 bits per heavy atom. The summed E-state index contributed by atoms with van der Waals surface area (Å²) in [5.74, 6) is 1.54. The maximum atomic E-state index is 12.2. The zero-order valence-electron chi connectivity index (χ0n) is 18.8. The van der Waals surface area contributed by atoms with Crippen LogP contribution in [0.5, 0.6) is 0 Å². The van der Waals surface area contributed by atoms with Gasteiger partial charge in [0, 0.05) is 0 Å². The highest BCUT2D eigenvalue weighted by molar-refractivity contribution is 5.64. The zero-order chi connectivity index (χ0) is 21.0. The fourth-order valence-electron chi connectivity index (χ4n) is 4.70. The minimum absolute atomic E-state index is 0.227. The van der Waals surface area contributed by atoms with Crippen LogP contribution < -0.4 is 0 Å². The van der Waals surface area contributed by atoms with Crippen molar-refractivity contribution in [3.63, 3.8) is 0 Å². The lowest BCUT2D eigenvalue weighted by atomic mass is 9.79. The molecule has 0 radical (unpaired) electrons. The first-order valence-electron chi connectivity index (χ1n) is 12.2. The molecular formula is C29H39F. The van der Waals surface area contributed by atoms with E-state index in [9.17, 15) is 4.39 Å². The predicted octanol–water partition coefficient (Wildman–Crippen LogP) is 8.74.